The molecule has 0 radical (unpaired) electrons. The molecule has 0 bridgehead atoms. The number of hydrogen-bond donors (Lipinski definition) is 2. The summed E-state index contributed by atoms with van der Waals surface area (Å²) >= 11 is 0. The lowest BCUT2D eigenvalue weighted by atomic mass is 9.90. The molecule has 0 unspecified atom stereocenters. The van der Waals surface area contributed by atoms with Crippen LogP contribution in [0.4, 0.5) is 4.39 Å². The minimum Gasteiger partial charge on any atom is -0.317 e. The standard InChI is InChI=1S/C19H24FN5/c1-3-21-12-23-11-16-18(14-6-8-22-9-7-14)24-25-19(16)15-5-4-13(2)10-17(15)20/h3-5,10,12,14,22H,6-9,11H2,1-2H3,(H,24,25). The summed E-state index contributed by atoms with van der Waals surface area (Å²) in [4.78, 5) is 8.39. The molecule has 2 aromatic rings. The highest BCUT2D eigenvalue weighted by Crippen LogP contribution is 2.34. The van der Waals surface area contributed by atoms with E-state index in [9.17, 15) is 4.39 Å². The zero-order valence-electron chi connectivity index (χ0n) is 14.7. The summed E-state index contributed by atoms with van der Waals surface area (Å²) < 4.78 is 14.5. The normalized spacial score (nSPS) is 16.3. The molecule has 6 heteroatoms. The number of aromatic nitrogens is 2. The third kappa shape index (κ3) is 4.02. The number of benzene rings is 1. The summed E-state index contributed by atoms with van der Waals surface area (Å²) in [5, 5.41) is 11.0. The van der Waals surface area contributed by atoms with Crippen LogP contribution in [0, 0.1) is 12.7 Å². The van der Waals surface area contributed by atoms with Gasteiger partial charge in [0.05, 0.1) is 6.54 Å². The van der Waals surface area contributed by atoms with E-state index in [1.165, 1.54) is 6.34 Å². The predicted molar refractivity (Wildman–Crippen MR) is 99.9 cm³/mol. The molecule has 2 heterocycles. The van der Waals surface area contributed by atoms with Crippen molar-refractivity contribution < 1.29 is 4.39 Å². The Morgan fingerprint density at radius 3 is 2.84 bits per heavy atom. The molecule has 1 fully saturated rings. The van der Waals surface area contributed by atoms with Crippen LogP contribution in [0.5, 0.6) is 0 Å². The van der Waals surface area contributed by atoms with E-state index in [4.69, 9.17) is 0 Å². The van der Waals surface area contributed by atoms with Crippen molar-refractivity contribution in [1.29, 1.82) is 0 Å². The number of nitrogens with one attached hydrogen (secondary N) is 2. The summed E-state index contributed by atoms with van der Waals surface area (Å²) in [6, 6.07) is 5.25. The first kappa shape index (κ1) is 17.5. The molecule has 0 amide bonds. The van der Waals surface area contributed by atoms with Gasteiger partial charge >= 0.3 is 0 Å². The summed E-state index contributed by atoms with van der Waals surface area (Å²) in [6.07, 6.45) is 5.31. The zero-order valence-corrected chi connectivity index (χ0v) is 14.7. The first-order valence-electron chi connectivity index (χ1n) is 8.71. The SMILES string of the molecule is CC=NC=NCc1c(-c2ccc(C)cc2F)n[nH]c1C1CCNCC1. The summed E-state index contributed by atoms with van der Waals surface area (Å²) in [6.45, 7) is 6.14. The van der Waals surface area contributed by atoms with Crippen LogP contribution in [0.2, 0.25) is 0 Å². The van der Waals surface area contributed by atoms with E-state index in [2.05, 4.69) is 25.5 Å². The van der Waals surface area contributed by atoms with Gasteiger partial charge in [0.25, 0.3) is 0 Å². The van der Waals surface area contributed by atoms with Gasteiger partial charge in [-0.25, -0.2) is 9.38 Å². The fraction of sp³-hybridized carbons (Fsp3) is 0.421. The lowest BCUT2D eigenvalue weighted by molar-refractivity contribution is 0.451. The largest absolute Gasteiger partial charge is 0.317 e. The molecule has 1 aliphatic rings. The number of piperidine rings is 1. The van der Waals surface area contributed by atoms with Crippen LogP contribution in [0.25, 0.3) is 11.3 Å². The zero-order chi connectivity index (χ0) is 17.6. The second kappa shape index (κ2) is 8.16. The Balaban J connectivity index is 2.00. The Hall–Kier alpha value is -2.34. The van der Waals surface area contributed by atoms with Crippen LogP contribution in [0.3, 0.4) is 0 Å². The smallest absolute Gasteiger partial charge is 0.132 e. The number of rotatable bonds is 5. The Morgan fingerprint density at radius 1 is 1.32 bits per heavy atom. The molecular weight excluding hydrogens is 317 g/mol. The number of halogens is 1. The molecule has 132 valence electrons. The van der Waals surface area contributed by atoms with Gasteiger partial charge in [-0.3, -0.25) is 10.1 Å². The predicted octanol–water partition coefficient (Wildman–Crippen LogP) is 3.61. The molecule has 0 atom stereocenters. The van der Waals surface area contributed by atoms with Gasteiger partial charge in [-0.2, -0.15) is 5.10 Å². The highest BCUT2D eigenvalue weighted by atomic mass is 19.1. The second-order valence-electron chi connectivity index (χ2n) is 6.34. The lowest BCUT2D eigenvalue weighted by Gasteiger charge is -2.22. The summed E-state index contributed by atoms with van der Waals surface area (Å²) in [5.41, 5.74) is 4.12. The average molecular weight is 341 g/mol. The quantitative estimate of drug-likeness (QED) is 0.644. The van der Waals surface area contributed by atoms with Crippen molar-refractivity contribution in [2.45, 2.75) is 39.2 Å². The Morgan fingerprint density at radius 2 is 2.12 bits per heavy atom. The molecule has 25 heavy (non-hydrogen) atoms. The van der Waals surface area contributed by atoms with Crippen LogP contribution in [0.15, 0.2) is 28.2 Å². The molecule has 1 aromatic carbocycles. The van der Waals surface area contributed by atoms with E-state index in [1.807, 2.05) is 19.9 Å². The van der Waals surface area contributed by atoms with Crippen molar-refractivity contribution in [3.8, 4) is 11.3 Å². The summed E-state index contributed by atoms with van der Waals surface area (Å²) in [7, 11) is 0. The van der Waals surface area contributed by atoms with E-state index < -0.39 is 0 Å². The van der Waals surface area contributed by atoms with Crippen molar-refractivity contribution >= 4 is 12.6 Å². The Bertz CT molecular complexity index is 772. The van der Waals surface area contributed by atoms with Gasteiger partial charge in [-0.05, 0) is 57.5 Å². The van der Waals surface area contributed by atoms with E-state index >= 15 is 0 Å². The maximum atomic E-state index is 14.5. The van der Waals surface area contributed by atoms with Crippen LogP contribution in [-0.2, 0) is 6.54 Å². The van der Waals surface area contributed by atoms with Crippen molar-refractivity contribution in [2.24, 2.45) is 9.98 Å². The topological polar surface area (TPSA) is 65.4 Å². The first-order valence-corrected chi connectivity index (χ1v) is 8.71. The van der Waals surface area contributed by atoms with Crippen molar-refractivity contribution in [3.05, 3.63) is 40.8 Å². The van der Waals surface area contributed by atoms with Crippen LogP contribution in [0.1, 0.15) is 42.5 Å². The van der Waals surface area contributed by atoms with Gasteiger partial charge in [0.1, 0.15) is 17.8 Å². The van der Waals surface area contributed by atoms with E-state index in [0.717, 1.165) is 42.8 Å². The molecule has 0 saturated carbocycles. The minimum absolute atomic E-state index is 0.250. The Kier molecular flexibility index (Phi) is 5.71. The van der Waals surface area contributed by atoms with Gasteiger partial charge in [0.2, 0.25) is 0 Å². The average Bonchev–Trinajstić information content (AvgIpc) is 3.03. The van der Waals surface area contributed by atoms with Crippen LogP contribution < -0.4 is 5.32 Å². The van der Waals surface area contributed by atoms with Gasteiger partial charge < -0.3 is 5.32 Å². The van der Waals surface area contributed by atoms with Gasteiger partial charge in [0.15, 0.2) is 0 Å². The molecule has 1 aromatic heterocycles. The van der Waals surface area contributed by atoms with Crippen molar-refractivity contribution in [3.63, 3.8) is 0 Å². The van der Waals surface area contributed by atoms with Crippen molar-refractivity contribution in [1.82, 2.24) is 15.5 Å². The molecule has 3 rings (SSSR count). The van der Waals surface area contributed by atoms with Crippen LogP contribution in [-0.4, -0.2) is 35.8 Å². The first-order chi connectivity index (χ1) is 12.2. The van der Waals surface area contributed by atoms with Gasteiger partial charge in [-0.15, -0.1) is 0 Å². The maximum absolute atomic E-state index is 14.5. The molecule has 0 aliphatic carbocycles. The van der Waals surface area contributed by atoms with Crippen molar-refractivity contribution in [2.75, 3.05) is 13.1 Å². The van der Waals surface area contributed by atoms with Crippen LogP contribution >= 0.6 is 0 Å². The molecule has 5 nitrogen and oxygen atoms in total. The Labute approximate surface area is 147 Å². The number of aryl methyl sites for hydroxylation is 1. The summed E-state index contributed by atoms with van der Waals surface area (Å²) in [5.74, 6) is 0.149. The fourth-order valence-corrected chi connectivity index (χ4v) is 3.27. The monoisotopic (exact) mass is 341 g/mol. The van der Waals surface area contributed by atoms with Gasteiger partial charge in [0, 0.05) is 29.0 Å². The third-order valence-electron chi connectivity index (χ3n) is 4.57. The van der Waals surface area contributed by atoms with E-state index in [0.29, 0.717) is 23.7 Å². The van der Waals surface area contributed by atoms with E-state index in [-0.39, 0.29) is 5.82 Å². The molecule has 0 spiro atoms. The molecule has 2 N–H and O–H groups in total. The molecule has 1 aliphatic heterocycles. The lowest BCUT2D eigenvalue weighted by Crippen LogP contribution is -2.27. The number of nitrogens with zero attached hydrogens (tertiary/aromatic N) is 3. The van der Waals surface area contributed by atoms with Gasteiger partial charge in [-0.1, -0.05) is 6.07 Å². The second-order valence-corrected chi connectivity index (χ2v) is 6.34. The fourth-order valence-electron chi connectivity index (χ4n) is 3.27. The number of hydrogen-bond acceptors (Lipinski definition) is 3. The maximum Gasteiger partial charge on any atom is 0.132 e. The molecular formula is C19H24FN5. The minimum atomic E-state index is -0.250. The van der Waals surface area contributed by atoms with E-state index in [1.54, 1.807) is 18.3 Å². The number of aromatic amines is 1. The third-order valence-corrected chi connectivity index (χ3v) is 4.57. The number of aliphatic imine (C=N–C) groups is 2. The number of H-pyrrole nitrogens is 1. The highest BCUT2D eigenvalue weighted by molar-refractivity contribution is 5.71. The molecule has 1 saturated heterocycles. The highest BCUT2D eigenvalue weighted by Gasteiger charge is 2.24.